The Kier molecular flexibility index (Phi) is 3.40. The highest BCUT2D eigenvalue weighted by atomic mass is 16.5. The molecule has 3 atom stereocenters. The maximum atomic E-state index is 6.37. The Labute approximate surface area is 110 Å². The number of aryl methyl sites for hydroxylation is 2. The topological polar surface area (TPSA) is 35.2 Å². The van der Waals surface area contributed by atoms with Gasteiger partial charge < -0.3 is 10.5 Å². The molecule has 3 rings (SSSR count). The monoisotopic (exact) mass is 245 g/mol. The van der Waals surface area contributed by atoms with Gasteiger partial charge in [0.1, 0.15) is 0 Å². The Hall–Kier alpha value is -0.860. The molecule has 2 heteroatoms. The Balaban J connectivity index is 1.79. The number of fused-ring (bicyclic) bond motifs is 1. The fourth-order valence-corrected chi connectivity index (χ4v) is 3.27. The predicted octanol–water partition coefficient (Wildman–Crippen LogP) is 3.13. The van der Waals surface area contributed by atoms with E-state index in [0.717, 1.165) is 12.8 Å². The van der Waals surface area contributed by atoms with Gasteiger partial charge in [0, 0.05) is 0 Å². The SMILES string of the molecule is CC1CCC(C(N)c2ccc3c(c2)CCCC3)O1. The molecule has 0 spiro atoms. The molecular formula is C16H23NO. The van der Waals surface area contributed by atoms with Crippen LogP contribution in [0.2, 0.25) is 0 Å². The maximum absolute atomic E-state index is 6.37. The summed E-state index contributed by atoms with van der Waals surface area (Å²) in [6.45, 7) is 2.14. The van der Waals surface area contributed by atoms with Gasteiger partial charge in [-0.25, -0.2) is 0 Å². The van der Waals surface area contributed by atoms with Crippen molar-refractivity contribution in [1.29, 1.82) is 0 Å². The third-order valence-corrected chi connectivity index (χ3v) is 4.42. The highest BCUT2D eigenvalue weighted by Gasteiger charge is 2.28. The van der Waals surface area contributed by atoms with E-state index in [9.17, 15) is 0 Å². The first-order chi connectivity index (χ1) is 8.74. The Morgan fingerprint density at radius 1 is 1.17 bits per heavy atom. The molecule has 3 unspecified atom stereocenters. The molecule has 1 aliphatic carbocycles. The molecule has 98 valence electrons. The van der Waals surface area contributed by atoms with E-state index in [1.807, 2.05) is 0 Å². The summed E-state index contributed by atoms with van der Waals surface area (Å²) in [7, 11) is 0. The van der Waals surface area contributed by atoms with Crippen LogP contribution in [0.5, 0.6) is 0 Å². The molecule has 0 radical (unpaired) electrons. The first kappa shape index (κ1) is 12.2. The van der Waals surface area contributed by atoms with E-state index in [4.69, 9.17) is 10.5 Å². The van der Waals surface area contributed by atoms with E-state index < -0.39 is 0 Å². The molecule has 1 heterocycles. The van der Waals surface area contributed by atoms with E-state index in [-0.39, 0.29) is 12.1 Å². The lowest BCUT2D eigenvalue weighted by atomic mass is 9.88. The molecule has 0 aromatic heterocycles. The molecule has 1 aromatic carbocycles. The number of rotatable bonds is 2. The minimum Gasteiger partial charge on any atom is -0.373 e. The smallest absolute Gasteiger partial charge is 0.0772 e. The van der Waals surface area contributed by atoms with Crippen LogP contribution in [0, 0.1) is 0 Å². The van der Waals surface area contributed by atoms with Crippen LogP contribution in [-0.4, -0.2) is 12.2 Å². The van der Waals surface area contributed by atoms with Gasteiger partial charge in [-0.05, 0) is 62.1 Å². The second-order valence-corrected chi connectivity index (χ2v) is 5.82. The third-order valence-electron chi connectivity index (χ3n) is 4.42. The van der Waals surface area contributed by atoms with Gasteiger partial charge in [-0.1, -0.05) is 18.2 Å². The number of nitrogens with two attached hydrogens (primary N) is 1. The van der Waals surface area contributed by atoms with Gasteiger partial charge in [0.15, 0.2) is 0 Å². The third kappa shape index (κ3) is 2.32. The van der Waals surface area contributed by atoms with Crippen LogP contribution in [0.3, 0.4) is 0 Å². The minimum absolute atomic E-state index is 0.0437. The van der Waals surface area contributed by atoms with E-state index in [2.05, 4.69) is 25.1 Å². The average Bonchev–Trinajstić information content (AvgIpc) is 2.84. The molecule has 1 fully saturated rings. The van der Waals surface area contributed by atoms with Crippen molar-refractivity contribution in [1.82, 2.24) is 0 Å². The highest BCUT2D eigenvalue weighted by Crippen LogP contribution is 2.30. The molecular weight excluding hydrogens is 222 g/mol. The molecule has 2 N–H and O–H groups in total. The molecule has 2 nitrogen and oxygen atoms in total. The quantitative estimate of drug-likeness (QED) is 0.868. The first-order valence-corrected chi connectivity index (χ1v) is 7.27. The summed E-state index contributed by atoms with van der Waals surface area (Å²) in [5.74, 6) is 0. The summed E-state index contributed by atoms with van der Waals surface area (Å²) in [6, 6.07) is 6.86. The molecule has 0 saturated carbocycles. The summed E-state index contributed by atoms with van der Waals surface area (Å²) in [6.07, 6.45) is 7.94. The Bertz CT molecular complexity index is 429. The van der Waals surface area contributed by atoms with Crippen molar-refractivity contribution in [3.8, 4) is 0 Å². The van der Waals surface area contributed by atoms with Crippen molar-refractivity contribution in [2.24, 2.45) is 5.73 Å². The molecule has 0 bridgehead atoms. The molecule has 0 amide bonds. The Morgan fingerprint density at radius 3 is 2.67 bits per heavy atom. The summed E-state index contributed by atoms with van der Waals surface area (Å²) < 4.78 is 5.90. The van der Waals surface area contributed by atoms with Crippen LogP contribution < -0.4 is 5.73 Å². The number of hydrogen-bond donors (Lipinski definition) is 1. The van der Waals surface area contributed by atoms with E-state index in [1.165, 1.54) is 42.4 Å². The van der Waals surface area contributed by atoms with Gasteiger partial charge >= 0.3 is 0 Å². The summed E-state index contributed by atoms with van der Waals surface area (Å²) in [5, 5.41) is 0. The normalized spacial score (nSPS) is 29.0. The van der Waals surface area contributed by atoms with Crippen LogP contribution in [0.4, 0.5) is 0 Å². The fourth-order valence-electron chi connectivity index (χ4n) is 3.27. The standard InChI is InChI=1S/C16H23NO/c1-11-6-9-15(18-11)16(17)14-8-7-12-4-2-3-5-13(12)10-14/h7-8,10-11,15-16H,2-6,9,17H2,1H3. The van der Waals surface area contributed by atoms with E-state index in [1.54, 1.807) is 0 Å². The zero-order chi connectivity index (χ0) is 12.5. The van der Waals surface area contributed by atoms with E-state index in [0.29, 0.717) is 6.10 Å². The summed E-state index contributed by atoms with van der Waals surface area (Å²) >= 11 is 0. The van der Waals surface area contributed by atoms with Crippen molar-refractivity contribution in [2.75, 3.05) is 0 Å². The van der Waals surface area contributed by atoms with Crippen LogP contribution in [0.25, 0.3) is 0 Å². The lowest BCUT2D eigenvalue weighted by molar-refractivity contribution is 0.0401. The second-order valence-electron chi connectivity index (χ2n) is 5.82. The molecule has 1 aliphatic heterocycles. The van der Waals surface area contributed by atoms with Gasteiger partial charge in [-0.2, -0.15) is 0 Å². The summed E-state index contributed by atoms with van der Waals surface area (Å²) in [4.78, 5) is 0. The predicted molar refractivity (Wildman–Crippen MR) is 73.6 cm³/mol. The van der Waals surface area contributed by atoms with Gasteiger partial charge in [-0.3, -0.25) is 0 Å². The van der Waals surface area contributed by atoms with Gasteiger partial charge in [0.05, 0.1) is 18.2 Å². The zero-order valence-electron chi connectivity index (χ0n) is 11.2. The van der Waals surface area contributed by atoms with Gasteiger partial charge in [0.2, 0.25) is 0 Å². The highest BCUT2D eigenvalue weighted by molar-refractivity contribution is 5.35. The van der Waals surface area contributed by atoms with Crippen molar-refractivity contribution in [3.05, 3.63) is 34.9 Å². The van der Waals surface area contributed by atoms with Crippen molar-refractivity contribution < 1.29 is 4.74 Å². The molecule has 2 aliphatic rings. The average molecular weight is 245 g/mol. The lowest BCUT2D eigenvalue weighted by Gasteiger charge is -2.23. The van der Waals surface area contributed by atoms with Crippen LogP contribution in [-0.2, 0) is 17.6 Å². The number of benzene rings is 1. The van der Waals surface area contributed by atoms with Crippen molar-refractivity contribution >= 4 is 0 Å². The maximum Gasteiger partial charge on any atom is 0.0772 e. The molecule has 1 saturated heterocycles. The van der Waals surface area contributed by atoms with Crippen molar-refractivity contribution in [3.63, 3.8) is 0 Å². The molecule has 18 heavy (non-hydrogen) atoms. The largest absolute Gasteiger partial charge is 0.373 e. The van der Waals surface area contributed by atoms with Crippen LogP contribution >= 0.6 is 0 Å². The second kappa shape index (κ2) is 5.02. The lowest BCUT2D eigenvalue weighted by Crippen LogP contribution is -2.26. The summed E-state index contributed by atoms with van der Waals surface area (Å²) in [5.41, 5.74) is 10.7. The fraction of sp³-hybridized carbons (Fsp3) is 0.625. The van der Waals surface area contributed by atoms with Crippen LogP contribution in [0.1, 0.15) is 55.3 Å². The zero-order valence-corrected chi connectivity index (χ0v) is 11.2. The van der Waals surface area contributed by atoms with Crippen LogP contribution in [0.15, 0.2) is 18.2 Å². The van der Waals surface area contributed by atoms with E-state index >= 15 is 0 Å². The van der Waals surface area contributed by atoms with Crippen molar-refractivity contribution in [2.45, 2.75) is 63.7 Å². The minimum atomic E-state index is 0.0437. The Morgan fingerprint density at radius 2 is 1.94 bits per heavy atom. The first-order valence-electron chi connectivity index (χ1n) is 7.27. The molecule has 1 aromatic rings. The number of hydrogen-bond acceptors (Lipinski definition) is 2. The van der Waals surface area contributed by atoms with Gasteiger partial charge in [-0.15, -0.1) is 0 Å². The van der Waals surface area contributed by atoms with Gasteiger partial charge in [0.25, 0.3) is 0 Å². The number of ether oxygens (including phenoxy) is 1.